The quantitative estimate of drug-likeness (QED) is 0.740. The minimum Gasteiger partial charge on any atom is -0.396 e. The van der Waals surface area contributed by atoms with Crippen molar-refractivity contribution in [1.82, 2.24) is 10.6 Å². The Hall–Kier alpha value is -0.810. The normalized spacial score (nSPS) is 28.8. The van der Waals surface area contributed by atoms with E-state index in [9.17, 15) is 4.79 Å². The molecule has 1 aliphatic heterocycles. The number of carbonyl (C=O) groups excluding carboxylic acids is 1. The first-order valence-electron chi connectivity index (χ1n) is 7.55. The zero-order valence-electron chi connectivity index (χ0n) is 13.4. The Balaban J connectivity index is 2.49. The fraction of sp³-hybridized carbons (Fsp3) is 0.933. The summed E-state index contributed by atoms with van der Waals surface area (Å²) in [6, 6.07) is -0.0321. The number of aliphatic hydroxyl groups is 1. The van der Waals surface area contributed by atoms with Crippen molar-refractivity contribution in [3.8, 4) is 0 Å². The summed E-state index contributed by atoms with van der Waals surface area (Å²) in [7, 11) is 0. The molecule has 1 heterocycles. The van der Waals surface area contributed by atoms with Crippen molar-refractivity contribution in [1.29, 1.82) is 0 Å². The van der Waals surface area contributed by atoms with Gasteiger partial charge in [0, 0.05) is 18.7 Å². The second-order valence-corrected chi connectivity index (χ2v) is 6.97. The van der Waals surface area contributed by atoms with E-state index < -0.39 is 0 Å². The third-order valence-electron chi connectivity index (χ3n) is 3.80. The maximum absolute atomic E-state index is 12.1. The fourth-order valence-electron chi connectivity index (χ4n) is 2.76. The molecule has 0 aromatic heterocycles. The van der Waals surface area contributed by atoms with Crippen LogP contribution in [0.2, 0.25) is 0 Å². The molecule has 1 saturated heterocycles. The van der Waals surface area contributed by atoms with E-state index in [-0.39, 0.29) is 42.3 Å². The maximum atomic E-state index is 12.1. The van der Waals surface area contributed by atoms with Crippen molar-refractivity contribution in [3.63, 3.8) is 0 Å². The molecule has 2 amide bonds. The Kier molecular flexibility index (Phi) is 6.27. The minimum absolute atomic E-state index is 0.0396. The molecule has 5 heteroatoms. The molecule has 3 N–H and O–H groups in total. The number of hydrogen-bond donors (Lipinski definition) is 3. The zero-order chi connectivity index (χ0) is 15.3. The highest BCUT2D eigenvalue weighted by atomic mass is 16.5. The first-order chi connectivity index (χ1) is 9.22. The molecule has 20 heavy (non-hydrogen) atoms. The number of rotatable bonds is 4. The SMILES string of the molecule is CC1CC(NC(=O)NC(CCO)C(C)(C)C)CC(C)O1. The third kappa shape index (κ3) is 5.67. The van der Waals surface area contributed by atoms with E-state index in [1.54, 1.807) is 0 Å². The molecule has 3 atom stereocenters. The highest BCUT2D eigenvalue weighted by Gasteiger charge is 2.29. The van der Waals surface area contributed by atoms with Crippen LogP contribution in [0.15, 0.2) is 0 Å². The molecule has 0 saturated carbocycles. The smallest absolute Gasteiger partial charge is 0.315 e. The van der Waals surface area contributed by atoms with Crippen molar-refractivity contribution in [3.05, 3.63) is 0 Å². The number of aliphatic hydroxyl groups excluding tert-OH is 1. The number of urea groups is 1. The molecule has 5 nitrogen and oxygen atoms in total. The van der Waals surface area contributed by atoms with E-state index in [2.05, 4.69) is 31.4 Å². The predicted molar refractivity (Wildman–Crippen MR) is 79.6 cm³/mol. The molecule has 0 radical (unpaired) electrons. The van der Waals surface area contributed by atoms with Crippen LogP contribution in [-0.4, -0.2) is 42.0 Å². The van der Waals surface area contributed by atoms with Crippen LogP contribution in [-0.2, 0) is 4.74 Å². The first-order valence-corrected chi connectivity index (χ1v) is 7.55. The monoisotopic (exact) mass is 286 g/mol. The summed E-state index contributed by atoms with van der Waals surface area (Å²) in [6.07, 6.45) is 2.62. The summed E-state index contributed by atoms with van der Waals surface area (Å²) in [4.78, 5) is 12.1. The Morgan fingerprint density at radius 1 is 1.30 bits per heavy atom. The van der Waals surface area contributed by atoms with Crippen LogP contribution < -0.4 is 10.6 Å². The van der Waals surface area contributed by atoms with Gasteiger partial charge in [-0.2, -0.15) is 0 Å². The third-order valence-corrected chi connectivity index (χ3v) is 3.80. The number of hydrogen-bond acceptors (Lipinski definition) is 3. The van der Waals surface area contributed by atoms with Crippen molar-refractivity contribution in [2.75, 3.05) is 6.61 Å². The van der Waals surface area contributed by atoms with Gasteiger partial charge in [-0.1, -0.05) is 20.8 Å². The zero-order valence-corrected chi connectivity index (χ0v) is 13.4. The Labute approximate surface area is 122 Å². The molecule has 3 unspecified atom stereocenters. The number of ether oxygens (including phenoxy) is 1. The van der Waals surface area contributed by atoms with Gasteiger partial charge in [0.2, 0.25) is 0 Å². The Bertz CT molecular complexity index is 305. The summed E-state index contributed by atoms with van der Waals surface area (Å²) >= 11 is 0. The fourth-order valence-corrected chi connectivity index (χ4v) is 2.76. The van der Waals surface area contributed by atoms with Gasteiger partial charge in [0.15, 0.2) is 0 Å². The highest BCUT2D eigenvalue weighted by molar-refractivity contribution is 5.74. The Morgan fingerprint density at radius 2 is 1.85 bits per heavy atom. The van der Waals surface area contributed by atoms with E-state index in [0.717, 1.165) is 12.8 Å². The molecule has 0 aromatic carbocycles. The topological polar surface area (TPSA) is 70.6 Å². The van der Waals surface area contributed by atoms with Crippen LogP contribution >= 0.6 is 0 Å². The van der Waals surface area contributed by atoms with E-state index in [0.29, 0.717) is 6.42 Å². The van der Waals surface area contributed by atoms with Crippen LogP contribution in [0.1, 0.15) is 53.9 Å². The van der Waals surface area contributed by atoms with Gasteiger partial charge in [-0.15, -0.1) is 0 Å². The Morgan fingerprint density at radius 3 is 2.30 bits per heavy atom. The summed E-state index contributed by atoms with van der Waals surface area (Å²) in [5, 5.41) is 15.1. The van der Waals surface area contributed by atoms with Gasteiger partial charge in [0.05, 0.1) is 12.2 Å². The van der Waals surface area contributed by atoms with Crippen LogP contribution in [0.5, 0.6) is 0 Å². The minimum atomic E-state index is -0.148. The highest BCUT2D eigenvalue weighted by Crippen LogP contribution is 2.22. The first kappa shape index (κ1) is 17.2. The standard InChI is InChI=1S/C15H30N2O3/c1-10-8-12(9-11(2)20-10)16-14(19)17-13(6-7-18)15(3,4)5/h10-13,18H,6-9H2,1-5H3,(H2,16,17,19). The van der Waals surface area contributed by atoms with Crippen molar-refractivity contribution in [2.45, 2.75) is 78.2 Å². The van der Waals surface area contributed by atoms with E-state index in [4.69, 9.17) is 9.84 Å². The van der Waals surface area contributed by atoms with Crippen molar-refractivity contribution in [2.24, 2.45) is 5.41 Å². The average Bonchev–Trinajstić information content (AvgIpc) is 2.25. The molecule has 0 aliphatic carbocycles. The largest absolute Gasteiger partial charge is 0.396 e. The predicted octanol–water partition coefficient (Wildman–Crippen LogP) is 2.04. The van der Waals surface area contributed by atoms with Crippen LogP contribution in [0, 0.1) is 5.41 Å². The van der Waals surface area contributed by atoms with Gasteiger partial charge in [-0.3, -0.25) is 0 Å². The molecular weight excluding hydrogens is 256 g/mol. The van der Waals surface area contributed by atoms with Crippen molar-refractivity contribution < 1.29 is 14.6 Å². The van der Waals surface area contributed by atoms with Gasteiger partial charge >= 0.3 is 6.03 Å². The van der Waals surface area contributed by atoms with Gasteiger partial charge < -0.3 is 20.5 Å². The molecule has 0 bridgehead atoms. The average molecular weight is 286 g/mol. The van der Waals surface area contributed by atoms with E-state index in [1.165, 1.54) is 0 Å². The molecule has 1 rings (SSSR count). The molecule has 1 fully saturated rings. The lowest BCUT2D eigenvalue weighted by atomic mass is 9.85. The van der Waals surface area contributed by atoms with Crippen molar-refractivity contribution >= 4 is 6.03 Å². The second-order valence-electron chi connectivity index (χ2n) is 6.97. The lowest BCUT2D eigenvalue weighted by Crippen LogP contribution is -2.52. The molecule has 118 valence electrons. The summed E-state index contributed by atoms with van der Waals surface area (Å²) in [5.41, 5.74) is -0.0731. The number of nitrogens with one attached hydrogen (secondary N) is 2. The summed E-state index contributed by atoms with van der Waals surface area (Å²) in [6.45, 7) is 10.3. The molecule has 0 spiro atoms. The van der Waals surface area contributed by atoms with E-state index >= 15 is 0 Å². The number of carbonyl (C=O) groups is 1. The second kappa shape index (κ2) is 7.27. The molecule has 1 aliphatic rings. The van der Waals surface area contributed by atoms with Crippen LogP contribution in [0.25, 0.3) is 0 Å². The van der Waals surface area contributed by atoms with Crippen LogP contribution in [0.3, 0.4) is 0 Å². The molecule has 0 aromatic rings. The van der Waals surface area contributed by atoms with Gasteiger partial charge in [0.1, 0.15) is 0 Å². The lowest BCUT2D eigenvalue weighted by Gasteiger charge is -2.35. The summed E-state index contributed by atoms with van der Waals surface area (Å²) in [5.74, 6) is 0. The van der Waals surface area contributed by atoms with E-state index in [1.807, 2.05) is 13.8 Å². The maximum Gasteiger partial charge on any atom is 0.315 e. The molecular formula is C15H30N2O3. The van der Waals surface area contributed by atoms with Gasteiger partial charge in [-0.05, 0) is 38.5 Å². The van der Waals surface area contributed by atoms with Crippen LogP contribution in [0.4, 0.5) is 4.79 Å². The lowest BCUT2D eigenvalue weighted by molar-refractivity contribution is -0.0402. The van der Waals surface area contributed by atoms with Gasteiger partial charge in [0.25, 0.3) is 0 Å². The summed E-state index contributed by atoms with van der Waals surface area (Å²) < 4.78 is 5.67. The van der Waals surface area contributed by atoms with Gasteiger partial charge in [-0.25, -0.2) is 4.79 Å². The number of amides is 2.